The molecule has 0 fully saturated rings. The van der Waals surface area contributed by atoms with Gasteiger partial charge in [-0.25, -0.2) is 9.50 Å². The molecule has 0 saturated heterocycles. The number of nitrogens with zero attached hydrogens (tertiary/aromatic N) is 4. The van der Waals surface area contributed by atoms with Crippen LogP contribution in [-0.2, 0) is 35.2 Å². The minimum absolute atomic E-state index is 0.0743. The molecule has 4 aromatic rings. The molecule has 4 rings (SSSR count). The van der Waals surface area contributed by atoms with Crippen LogP contribution < -0.4 is 5.73 Å². The molecule has 0 aliphatic heterocycles. The Labute approximate surface area is 187 Å². The molecule has 0 aliphatic rings. The van der Waals surface area contributed by atoms with Crippen LogP contribution in [0.1, 0.15) is 22.4 Å². The van der Waals surface area contributed by atoms with Crippen molar-refractivity contribution in [2.24, 2.45) is 0 Å². The third kappa shape index (κ3) is 4.85. The predicted octanol–water partition coefficient (Wildman–Crippen LogP) is 3.89. The maximum atomic E-state index is 12.9. The summed E-state index contributed by atoms with van der Waals surface area (Å²) in [7, 11) is 1.59. The number of hydrogen-bond donors (Lipinski definition) is 1. The van der Waals surface area contributed by atoms with Crippen LogP contribution in [0.3, 0.4) is 0 Å². The highest BCUT2D eigenvalue weighted by atomic mass is 19.4. The van der Waals surface area contributed by atoms with Gasteiger partial charge in [-0.3, -0.25) is 9.78 Å². The SMILES string of the molecule is COCc1cn2ncnc(N)c2c1-c1ccc(CC(=O)Cc2cc(C(F)(F)F)ccn2)cc1. The van der Waals surface area contributed by atoms with Gasteiger partial charge in [-0.2, -0.15) is 18.3 Å². The fraction of sp³-hybridized carbons (Fsp3) is 0.217. The summed E-state index contributed by atoms with van der Waals surface area (Å²) in [4.78, 5) is 20.4. The molecule has 0 spiro atoms. The summed E-state index contributed by atoms with van der Waals surface area (Å²) in [6, 6.07) is 9.09. The lowest BCUT2D eigenvalue weighted by atomic mass is 9.99. The molecule has 170 valence electrons. The highest BCUT2D eigenvalue weighted by molar-refractivity contribution is 5.90. The summed E-state index contributed by atoms with van der Waals surface area (Å²) in [5, 5.41) is 4.20. The summed E-state index contributed by atoms with van der Waals surface area (Å²) in [5.74, 6) is 0.0943. The summed E-state index contributed by atoms with van der Waals surface area (Å²) >= 11 is 0. The first-order valence-corrected chi connectivity index (χ1v) is 9.99. The van der Waals surface area contributed by atoms with Crippen LogP contribution in [0.5, 0.6) is 0 Å². The number of carbonyl (C=O) groups excluding carboxylic acids is 1. The molecule has 0 unspecified atom stereocenters. The smallest absolute Gasteiger partial charge is 0.382 e. The zero-order valence-electron chi connectivity index (χ0n) is 17.6. The van der Waals surface area contributed by atoms with Gasteiger partial charge in [0.25, 0.3) is 0 Å². The molecule has 0 aliphatic carbocycles. The van der Waals surface area contributed by atoms with E-state index in [0.717, 1.165) is 40.6 Å². The number of carbonyl (C=O) groups is 1. The van der Waals surface area contributed by atoms with E-state index in [2.05, 4.69) is 15.1 Å². The van der Waals surface area contributed by atoms with Crippen molar-refractivity contribution in [1.29, 1.82) is 0 Å². The van der Waals surface area contributed by atoms with Gasteiger partial charge in [-0.05, 0) is 23.3 Å². The second kappa shape index (κ2) is 8.99. The predicted molar refractivity (Wildman–Crippen MR) is 115 cm³/mol. The zero-order chi connectivity index (χ0) is 23.6. The van der Waals surface area contributed by atoms with E-state index < -0.39 is 11.7 Å². The van der Waals surface area contributed by atoms with Crippen molar-refractivity contribution in [3.8, 4) is 11.1 Å². The van der Waals surface area contributed by atoms with Crippen molar-refractivity contribution in [3.05, 3.63) is 77.5 Å². The molecule has 3 heterocycles. The Hall–Kier alpha value is -3.79. The number of nitrogens with two attached hydrogens (primary N) is 1. The number of ether oxygens (including phenoxy) is 1. The Bertz CT molecular complexity index is 1300. The lowest BCUT2D eigenvalue weighted by molar-refractivity contribution is -0.137. The molecule has 0 amide bonds. The Kier molecular flexibility index (Phi) is 6.10. The molecular formula is C23H20F3N5O2. The number of hydrogen-bond acceptors (Lipinski definition) is 6. The number of anilines is 1. The highest BCUT2D eigenvalue weighted by Gasteiger charge is 2.30. The monoisotopic (exact) mass is 455 g/mol. The number of pyridine rings is 1. The second-order valence-corrected chi connectivity index (χ2v) is 7.52. The minimum Gasteiger partial charge on any atom is -0.382 e. The van der Waals surface area contributed by atoms with Gasteiger partial charge in [0, 0.05) is 49.2 Å². The van der Waals surface area contributed by atoms with Crippen LogP contribution in [0.15, 0.2) is 55.1 Å². The number of alkyl halides is 3. The van der Waals surface area contributed by atoms with Crippen LogP contribution in [-0.4, -0.2) is 32.5 Å². The van der Waals surface area contributed by atoms with E-state index in [1.54, 1.807) is 23.8 Å². The van der Waals surface area contributed by atoms with Crippen molar-refractivity contribution in [1.82, 2.24) is 19.6 Å². The number of Topliss-reactive ketones (excluding diaryl/α,β-unsaturated/α-hetero) is 1. The summed E-state index contributed by atoms with van der Waals surface area (Å²) < 4.78 is 45.5. The number of halogens is 3. The average Bonchev–Trinajstić information content (AvgIpc) is 3.13. The Morgan fingerprint density at radius 3 is 2.58 bits per heavy atom. The van der Waals surface area contributed by atoms with E-state index in [-0.39, 0.29) is 24.3 Å². The maximum absolute atomic E-state index is 12.9. The molecule has 3 aromatic heterocycles. The third-order valence-electron chi connectivity index (χ3n) is 5.15. The molecule has 10 heteroatoms. The molecule has 1 aromatic carbocycles. The number of aromatic nitrogens is 4. The van der Waals surface area contributed by atoms with Crippen molar-refractivity contribution < 1.29 is 22.7 Å². The van der Waals surface area contributed by atoms with Crippen LogP contribution in [0.4, 0.5) is 19.0 Å². The molecule has 0 saturated carbocycles. The first kappa shape index (κ1) is 22.4. The van der Waals surface area contributed by atoms with Crippen molar-refractivity contribution >= 4 is 17.1 Å². The molecule has 33 heavy (non-hydrogen) atoms. The fourth-order valence-corrected chi connectivity index (χ4v) is 3.70. The number of ketones is 1. The van der Waals surface area contributed by atoms with Crippen LogP contribution in [0, 0.1) is 0 Å². The van der Waals surface area contributed by atoms with Crippen LogP contribution in [0.2, 0.25) is 0 Å². The Morgan fingerprint density at radius 2 is 1.88 bits per heavy atom. The summed E-state index contributed by atoms with van der Waals surface area (Å²) in [6.45, 7) is 0.350. The molecule has 0 atom stereocenters. The molecule has 2 N–H and O–H groups in total. The van der Waals surface area contributed by atoms with Crippen LogP contribution in [0.25, 0.3) is 16.6 Å². The first-order chi connectivity index (χ1) is 15.8. The number of rotatable bonds is 7. The number of methoxy groups -OCH3 is 1. The van der Waals surface area contributed by atoms with E-state index in [0.29, 0.717) is 17.9 Å². The third-order valence-corrected chi connectivity index (χ3v) is 5.15. The standard InChI is InChI=1S/C23H20F3N5O2/c1-33-12-16-11-31-21(22(27)29-13-30-31)20(16)15-4-2-14(3-5-15)8-19(32)10-18-9-17(6-7-28-18)23(24,25)26/h2-7,9,11,13H,8,10,12H2,1H3,(H2,27,29,30). The van der Waals surface area contributed by atoms with Crippen molar-refractivity contribution in [2.45, 2.75) is 25.6 Å². The van der Waals surface area contributed by atoms with Gasteiger partial charge in [0.05, 0.1) is 12.2 Å². The fourth-order valence-electron chi connectivity index (χ4n) is 3.70. The lowest BCUT2D eigenvalue weighted by Crippen LogP contribution is -2.10. The van der Waals surface area contributed by atoms with E-state index in [4.69, 9.17) is 10.5 Å². The Morgan fingerprint density at radius 1 is 1.12 bits per heavy atom. The zero-order valence-corrected chi connectivity index (χ0v) is 17.6. The molecule has 7 nitrogen and oxygen atoms in total. The van der Waals surface area contributed by atoms with Gasteiger partial charge in [-0.1, -0.05) is 24.3 Å². The average molecular weight is 455 g/mol. The van der Waals surface area contributed by atoms with Crippen molar-refractivity contribution in [2.75, 3.05) is 12.8 Å². The van der Waals surface area contributed by atoms with Gasteiger partial charge in [0.1, 0.15) is 17.6 Å². The van der Waals surface area contributed by atoms with Gasteiger partial charge in [0.2, 0.25) is 0 Å². The number of fused-ring (bicyclic) bond motifs is 1. The molecule has 0 radical (unpaired) electrons. The molecular weight excluding hydrogens is 435 g/mol. The minimum atomic E-state index is -4.48. The van der Waals surface area contributed by atoms with Gasteiger partial charge in [0.15, 0.2) is 5.82 Å². The van der Waals surface area contributed by atoms with Crippen LogP contribution >= 0.6 is 0 Å². The second-order valence-electron chi connectivity index (χ2n) is 7.52. The summed E-state index contributed by atoms with van der Waals surface area (Å²) in [6.07, 6.45) is -0.319. The van der Waals surface area contributed by atoms with E-state index >= 15 is 0 Å². The molecule has 0 bridgehead atoms. The number of nitrogen functional groups attached to an aromatic ring is 1. The van der Waals surface area contributed by atoms with E-state index in [1.165, 1.54) is 6.33 Å². The quantitative estimate of drug-likeness (QED) is 0.454. The maximum Gasteiger partial charge on any atom is 0.416 e. The Balaban J connectivity index is 1.54. The number of benzene rings is 1. The van der Waals surface area contributed by atoms with E-state index in [9.17, 15) is 18.0 Å². The van der Waals surface area contributed by atoms with Crippen molar-refractivity contribution in [3.63, 3.8) is 0 Å². The highest BCUT2D eigenvalue weighted by Crippen LogP contribution is 2.33. The van der Waals surface area contributed by atoms with E-state index in [1.807, 2.05) is 18.3 Å². The first-order valence-electron chi connectivity index (χ1n) is 9.99. The lowest BCUT2D eigenvalue weighted by Gasteiger charge is -2.09. The largest absolute Gasteiger partial charge is 0.416 e. The normalized spacial score (nSPS) is 11.8. The van der Waals surface area contributed by atoms with Gasteiger partial charge in [-0.15, -0.1) is 0 Å². The summed E-state index contributed by atoms with van der Waals surface area (Å²) in [5.41, 5.74) is 9.30. The van der Waals surface area contributed by atoms with Gasteiger partial charge < -0.3 is 10.5 Å². The topological polar surface area (TPSA) is 95.4 Å². The van der Waals surface area contributed by atoms with Gasteiger partial charge >= 0.3 is 6.18 Å².